The molecule has 106 valence electrons. The van der Waals surface area contributed by atoms with Crippen LogP contribution >= 0.6 is 11.3 Å². The Balaban J connectivity index is 1.84. The number of hydrogen-bond donors (Lipinski definition) is 0. The molecule has 1 aliphatic rings. The summed E-state index contributed by atoms with van der Waals surface area (Å²) >= 11 is 1.80. The lowest BCUT2D eigenvalue weighted by Gasteiger charge is -2.29. The average Bonchev–Trinajstić information content (AvgIpc) is 3.04. The van der Waals surface area contributed by atoms with E-state index in [1.54, 1.807) is 11.3 Å². The second-order valence-electron chi connectivity index (χ2n) is 5.11. The lowest BCUT2D eigenvalue weighted by Crippen LogP contribution is -2.36. The van der Waals surface area contributed by atoms with E-state index in [1.807, 2.05) is 12.3 Å². The first-order chi connectivity index (χ1) is 10.4. The molecule has 2 aromatic heterocycles. The van der Waals surface area contributed by atoms with Gasteiger partial charge in [-0.15, -0.1) is 11.3 Å². The lowest BCUT2D eigenvalue weighted by molar-refractivity contribution is 0.123. The first-order valence-corrected chi connectivity index (χ1v) is 8.06. The molecule has 0 radical (unpaired) electrons. The van der Waals surface area contributed by atoms with Crippen molar-refractivity contribution in [2.45, 2.75) is 0 Å². The number of anilines is 1. The lowest BCUT2D eigenvalue weighted by atomic mass is 10.1. The number of aromatic nitrogens is 1. The first-order valence-electron chi connectivity index (χ1n) is 7.18. The second kappa shape index (κ2) is 5.47. The maximum atomic E-state index is 5.47. The molecular weight excluding hydrogens is 280 g/mol. The van der Waals surface area contributed by atoms with Crippen molar-refractivity contribution in [3.63, 3.8) is 0 Å². The van der Waals surface area contributed by atoms with Crippen molar-refractivity contribution in [1.82, 2.24) is 4.98 Å². The maximum Gasteiger partial charge on any atom is 0.0708 e. The minimum Gasteiger partial charge on any atom is -0.378 e. The van der Waals surface area contributed by atoms with Gasteiger partial charge in [0.15, 0.2) is 0 Å². The summed E-state index contributed by atoms with van der Waals surface area (Å²) in [6.45, 7) is 3.55. The molecular formula is C17H16N2OS. The van der Waals surface area contributed by atoms with Crippen molar-refractivity contribution in [3.8, 4) is 10.4 Å². The van der Waals surface area contributed by atoms with Crippen LogP contribution in [-0.4, -0.2) is 31.3 Å². The molecule has 1 saturated heterocycles. The average molecular weight is 296 g/mol. The molecule has 3 heterocycles. The van der Waals surface area contributed by atoms with Crippen LogP contribution in [0.2, 0.25) is 0 Å². The molecule has 0 atom stereocenters. The number of thiophene rings is 1. The van der Waals surface area contributed by atoms with E-state index >= 15 is 0 Å². The fourth-order valence-electron chi connectivity index (χ4n) is 2.86. The van der Waals surface area contributed by atoms with Gasteiger partial charge in [0.05, 0.1) is 29.3 Å². The third kappa shape index (κ3) is 2.30. The molecule has 1 aliphatic heterocycles. The molecule has 0 unspecified atom stereocenters. The minimum atomic E-state index is 0.812. The molecule has 0 spiro atoms. The number of ether oxygens (including phenoxy) is 1. The van der Waals surface area contributed by atoms with Gasteiger partial charge in [-0.3, -0.25) is 4.98 Å². The summed E-state index contributed by atoms with van der Waals surface area (Å²) < 4.78 is 5.47. The third-order valence-corrected chi connectivity index (χ3v) is 4.82. The van der Waals surface area contributed by atoms with Crippen LogP contribution in [0.25, 0.3) is 21.3 Å². The van der Waals surface area contributed by atoms with Gasteiger partial charge in [-0.25, -0.2) is 0 Å². The molecule has 0 N–H and O–H groups in total. The summed E-state index contributed by atoms with van der Waals surface area (Å²) in [7, 11) is 0. The normalized spacial score (nSPS) is 15.5. The van der Waals surface area contributed by atoms with Gasteiger partial charge in [0, 0.05) is 30.2 Å². The highest BCUT2D eigenvalue weighted by Crippen LogP contribution is 2.39. The molecule has 3 nitrogen and oxygen atoms in total. The van der Waals surface area contributed by atoms with E-state index in [0.717, 1.165) is 31.8 Å². The highest BCUT2D eigenvalue weighted by molar-refractivity contribution is 7.14. The highest BCUT2D eigenvalue weighted by atomic mass is 32.1. The molecule has 0 aliphatic carbocycles. The summed E-state index contributed by atoms with van der Waals surface area (Å²) in [5.74, 6) is 0. The number of benzene rings is 1. The Labute approximate surface area is 127 Å². The van der Waals surface area contributed by atoms with Gasteiger partial charge in [0.2, 0.25) is 0 Å². The van der Waals surface area contributed by atoms with Crippen molar-refractivity contribution < 1.29 is 4.74 Å². The van der Waals surface area contributed by atoms with Gasteiger partial charge in [-0.05, 0) is 23.6 Å². The number of nitrogens with zero attached hydrogens (tertiary/aromatic N) is 2. The van der Waals surface area contributed by atoms with E-state index in [1.165, 1.54) is 21.5 Å². The number of fused-ring (bicyclic) bond motifs is 1. The maximum absolute atomic E-state index is 5.47. The van der Waals surface area contributed by atoms with Crippen LogP contribution in [0.3, 0.4) is 0 Å². The van der Waals surface area contributed by atoms with Gasteiger partial charge >= 0.3 is 0 Å². The monoisotopic (exact) mass is 296 g/mol. The third-order valence-electron chi connectivity index (χ3n) is 3.89. The van der Waals surface area contributed by atoms with Crippen LogP contribution in [0.5, 0.6) is 0 Å². The Morgan fingerprint density at radius 2 is 1.95 bits per heavy atom. The van der Waals surface area contributed by atoms with Crippen LogP contribution in [0.15, 0.2) is 48.0 Å². The topological polar surface area (TPSA) is 25.4 Å². The summed E-state index contributed by atoms with van der Waals surface area (Å²) in [6, 6.07) is 12.7. The zero-order chi connectivity index (χ0) is 14.1. The number of rotatable bonds is 2. The summed E-state index contributed by atoms with van der Waals surface area (Å²) in [6.07, 6.45) is 1.85. The van der Waals surface area contributed by atoms with Gasteiger partial charge < -0.3 is 9.64 Å². The first kappa shape index (κ1) is 12.8. The van der Waals surface area contributed by atoms with Crippen molar-refractivity contribution in [3.05, 3.63) is 48.0 Å². The molecule has 4 rings (SSSR count). The highest BCUT2D eigenvalue weighted by Gasteiger charge is 2.18. The summed E-state index contributed by atoms with van der Waals surface area (Å²) in [4.78, 5) is 8.22. The zero-order valence-electron chi connectivity index (χ0n) is 11.7. The number of morpholine rings is 1. The van der Waals surface area contributed by atoms with Gasteiger partial charge in [-0.2, -0.15) is 0 Å². The van der Waals surface area contributed by atoms with Crippen molar-refractivity contribution >= 4 is 27.9 Å². The zero-order valence-corrected chi connectivity index (χ0v) is 12.5. The molecule has 3 aromatic rings. The quantitative estimate of drug-likeness (QED) is 0.719. The molecule has 1 fully saturated rings. The standard InChI is InChI=1S/C17H16N2OS/c1-3-14(13-4-2-7-18-15(13)5-1)17-16(6-12-21-17)19-8-10-20-11-9-19/h1-7,12H,8-11H2. The Hall–Kier alpha value is -1.91. The van der Waals surface area contributed by atoms with Gasteiger partial charge in [0.1, 0.15) is 0 Å². The van der Waals surface area contributed by atoms with Gasteiger partial charge in [0.25, 0.3) is 0 Å². The Bertz CT molecular complexity index is 757. The van der Waals surface area contributed by atoms with Crippen LogP contribution in [-0.2, 0) is 4.74 Å². The van der Waals surface area contributed by atoms with Crippen LogP contribution in [0.4, 0.5) is 5.69 Å². The summed E-state index contributed by atoms with van der Waals surface area (Å²) in [5, 5.41) is 3.40. The summed E-state index contributed by atoms with van der Waals surface area (Å²) in [5.41, 5.74) is 3.65. The van der Waals surface area contributed by atoms with Crippen molar-refractivity contribution in [2.24, 2.45) is 0 Å². The fraction of sp³-hybridized carbons (Fsp3) is 0.235. The van der Waals surface area contributed by atoms with Crippen LogP contribution < -0.4 is 4.90 Å². The fourth-order valence-corrected chi connectivity index (χ4v) is 3.81. The smallest absolute Gasteiger partial charge is 0.0708 e. The van der Waals surface area contributed by atoms with E-state index < -0.39 is 0 Å². The second-order valence-corrected chi connectivity index (χ2v) is 6.03. The molecule has 1 aromatic carbocycles. The predicted octanol–water partition coefficient (Wildman–Crippen LogP) is 3.80. The molecule has 0 bridgehead atoms. The van der Waals surface area contributed by atoms with E-state index in [9.17, 15) is 0 Å². The van der Waals surface area contributed by atoms with Crippen molar-refractivity contribution in [2.75, 3.05) is 31.2 Å². The molecule has 4 heteroatoms. The molecule has 0 saturated carbocycles. The Kier molecular flexibility index (Phi) is 3.33. The van der Waals surface area contributed by atoms with E-state index in [-0.39, 0.29) is 0 Å². The minimum absolute atomic E-state index is 0.812. The Morgan fingerprint density at radius 3 is 2.86 bits per heavy atom. The van der Waals surface area contributed by atoms with E-state index in [4.69, 9.17) is 4.74 Å². The van der Waals surface area contributed by atoms with E-state index in [0.29, 0.717) is 0 Å². The van der Waals surface area contributed by atoms with E-state index in [2.05, 4.69) is 45.6 Å². The van der Waals surface area contributed by atoms with Crippen LogP contribution in [0, 0.1) is 0 Å². The Morgan fingerprint density at radius 1 is 1.05 bits per heavy atom. The molecule has 21 heavy (non-hydrogen) atoms. The SMILES string of the molecule is c1cc(-c2sccc2N2CCOCC2)c2cccnc2c1. The largest absolute Gasteiger partial charge is 0.378 e. The molecule has 0 amide bonds. The van der Waals surface area contributed by atoms with Gasteiger partial charge in [-0.1, -0.05) is 18.2 Å². The number of hydrogen-bond acceptors (Lipinski definition) is 4. The predicted molar refractivity (Wildman–Crippen MR) is 88.1 cm³/mol. The number of pyridine rings is 1. The van der Waals surface area contributed by atoms with Crippen LogP contribution in [0.1, 0.15) is 0 Å². The van der Waals surface area contributed by atoms with Crippen molar-refractivity contribution in [1.29, 1.82) is 0 Å².